The first kappa shape index (κ1) is 20.0. The van der Waals surface area contributed by atoms with E-state index in [1.54, 1.807) is 31.4 Å². The smallest absolute Gasteiger partial charge is 0.335 e. The summed E-state index contributed by atoms with van der Waals surface area (Å²) in [5.74, 6) is 0.735. The van der Waals surface area contributed by atoms with Crippen LogP contribution >= 0.6 is 0 Å². The average molecular weight is 435 g/mol. The number of ether oxygens (including phenoxy) is 2. The molecule has 4 aromatic rings. The maximum absolute atomic E-state index is 12.9. The predicted octanol–water partition coefficient (Wildman–Crippen LogP) is 0.939. The van der Waals surface area contributed by atoms with Gasteiger partial charge in [0.25, 0.3) is 5.56 Å². The molecule has 164 valence electrons. The third-order valence-electron chi connectivity index (χ3n) is 6.01. The van der Waals surface area contributed by atoms with Crippen molar-refractivity contribution in [2.45, 2.75) is 12.5 Å². The monoisotopic (exact) mass is 435 g/mol. The number of aromatic amines is 2. The van der Waals surface area contributed by atoms with Crippen LogP contribution in [0.2, 0.25) is 0 Å². The lowest BCUT2D eigenvalue weighted by Gasteiger charge is -2.22. The molecule has 0 fully saturated rings. The van der Waals surface area contributed by atoms with E-state index in [0.717, 1.165) is 38.9 Å². The molecule has 2 aromatic carbocycles. The summed E-state index contributed by atoms with van der Waals surface area (Å²) >= 11 is 0. The number of H-pyrrole nitrogens is 2. The third kappa shape index (κ3) is 2.97. The molecule has 0 saturated carbocycles. The summed E-state index contributed by atoms with van der Waals surface area (Å²) in [7, 11) is 3.10. The summed E-state index contributed by atoms with van der Waals surface area (Å²) in [6.07, 6.45) is 0.795. The second-order valence-corrected chi connectivity index (χ2v) is 7.68. The van der Waals surface area contributed by atoms with E-state index in [2.05, 4.69) is 9.97 Å². The van der Waals surface area contributed by atoms with Crippen molar-refractivity contribution in [3.05, 3.63) is 80.1 Å². The van der Waals surface area contributed by atoms with Gasteiger partial charge in [-0.15, -0.1) is 0 Å². The Morgan fingerprint density at radius 3 is 2.69 bits per heavy atom. The van der Waals surface area contributed by atoms with Gasteiger partial charge in [0.1, 0.15) is 17.1 Å². The molecule has 0 bridgehead atoms. The van der Waals surface area contributed by atoms with Crippen LogP contribution in [0.4, 0.5) is 0 Å². The van der Waals surface area contributed by atoms with Gasteiger partial charge in [-0.25, -0.2) is 9.36 Å². The Bertz CT molecular complexity index is 1450. The molecule has 0 saturated heterocycles. The molecule has 1 aliphatic rings. The number of nitrogens with one attached hydrogen (secondary N) is 2. The van der Waals surface area contributed by atoms with Crippen LogP contribution < -0.4 is 26.0 Å². The van der Waals surface area contributed by atoms with E-state index in [1.165, 1.54) is 7.11 Å². The highest BCUT2D eigenvalue weighted by Gasteiger charge is 2.34. The summed E-state index contributed by atoms with van der Waals surface area (Å²) in [4.78, 5) is 31.4. The molecule has 5 rings (SSSR count). The van der Waals surface area contributed by atoms with Gasteiger partial charge in [-0.1, -0.05) is 12.1 Å². The van der Waals surface area contributed by atoms with Crippen LogP contribution in [0.5, 0.6) is 17.4 Å². The Kier molecular flexibility index (Phi) is 4.75. The number of hydrogen-bond acceptors (Lipinski definition) is 5. The van der Waals surface area contributed by atoms with E-state index in [0.29, 0.717) is 18.0 Å². The fourth-order valence-electron chi connectivity index (χ4n) is 4.54. The molecular formula is C23H23N4O5+. The highest BCUT2D eigenvalue weighted by molar-refractivity contribution is 5.86. The van der Waals surface area contributed by atoms with Crippen molar-refractivity contribution in [2.75, 3.05) is 20.8 Å². The van der Waals surface area contributed by atoms with E-state index < -0.39 is 23.2 Å². The highest BCUT2D eigenvalue weighted by Crippen LogP contribution is 2.34. The molecular weight excluding hydrogens is 412 g/mol. The SMILES string of the molecule is COc1ccc2[nH]c3c(c2c1)CC[NH2+][C@H]3c1c(O)n(-c2ccccc2OC)c(=O)[nH]c1=O. The number of quaternary nitrogens is 1. The molecule has 9 heteroatoms. The van der Waals surface area contributed by atoms with Gasteiger partial charge in [0.2, 0.25) is 5.88 Å². The molecule has 1 atom stereocenters. The molecule has 9 nitrogen and oxygen atoms in total. The lowest BCUT2D eigenvalue weighted by molar-refractivity contribution is -0.690. The van der Waals surface area contributed by atoms with E-state index in [1.807, 2.05) is 23.5 Å². The standard InChI is InChI=1S/C23H22N4O5/c1-31-12-7-8-15-14(11-12)13-9-10-24-20(19(13)25-15)18-21(28)26-23(30)27(22(18)29)16-5-3-4-6-17(16)32-2/h3-8,11,20,24-25,29H,9-10H2,1-2H3,(H,26,28,30)/p+1/t20-/m0/s1. The number of nitrogens with two attached hydrogens (primary N) is 1. The van der Waals surface area contributed by atoms with Gasteiger partial charge >= 0.3 is 5.69 Å². The molecule has 0 spiro atoms. The quantitative estimate of drug-likeness (QED) is 0.380. The molecule has 32 heavy (non-hydrogen) atoms. The first-order chi connectivity index (χ1) is 15.5. The van der Waals surface area contributed by atoms with Crippen molar-refractivity contribution < 1.29 is 19.9 Å². The number of fused-ring (bicyclic) bond motifs is 3. The minimum absolute atomic E-state index is 0.106. The number of aromatic hydroxyl groups is 1. The van der Waals surface area contributed by atoms with Crippen LogP contribution in [-0.2, 0) is 6.42 Å². The Morgan fingerprint density at radius 2 is 1.91 bits per heavy atom. The van der Waals surface area contributed by atoms with Crippen molar-refractivity contribution in [3.63, 3.8) is 0 Å². The summed E-state index contributed by atoms with van der Waals surface area (Å²) in [6, 6.07) is 12.1. The maximum Gasteiger partial charge on any atom is 0.335 e. The Hall–Kier alpha value is -3.98. The number of hydrogen-bond donors (Lipinski definition) is 4. The number of methoxy groups -OCH3 is 2. The fraction of sp³-hybridized carbons (Fsp3) is 0.217. The van der Waals surface area contributed by atoms with Crippen molar-refractivity contribution in [3.8, 4) is 23.1 Å². The van der Waals surface area contributed by atoms with Crippen molar-refractivity contribution >= 4 is 10.9 Å². The molecule has 5 N–H and O–H groups in total. The van der Waals surface area contributed by atoms with Crippen LogP contribution in [0, 0.1) is 0 Å². The minimum Gasteiger partial charge on any atom is -0.497 e. The molecule has 0 amide bonds. The van der Waals surface area contributed by atoms with E-state index in [9.17, 15) is 14.7 Å². The molecule has 0 aliphatic carbocycles. The third-order valence-corrected chi connectivity index (χ3v) is 6.01. The number of rotatable bonds is 4. The molecule has 2 aromatic heterocycles. The summed E-state index contributed by atoms with van der Waals surface area (Å²) < 4.78 is 11.8. The van der Waals surface area contributed by atoms with Gasteiger partial charge in [-0.2, -0.15) is 0 Å². The Morgan fingerprint density at radius 1 is 1.09 bits per heavy atom. The van der Waals surface area contributed by atoms with Crippen LogP contribution in [0.3, 0.4) is 0 Å². The molecule has 0 unspecified atom stereocenters. The largest absolute Gasteiger partial charge is 0.497 e. The van der Waals surface area contributed by atoms with Gasteiger partial charge in [0.05, 0.1) is 32.1 Å². The van der Waals surface area contributed by atoms with E-state index in [4.69, 9.17) is 9.47 Å². The zero-order valence-electron chi connectivity index (χ0n) is 17.6. The zero-order valence-corrected chi connectivity index (χ0v) is 17.6. The summed E-state index contributed by atoms with van der Waals surface area (Å²) in [6.45, 7) is 0.717. The average Bonchev–Trinajstić information content (AvgIpc) is 3.17. The number of aromatic nitrogens is 3. The minimum atomic E-state index is -0.738. The van der Waals surface area contributed by atoms with E-state index >= 15 is 0 Å². The van der Waals surface area contributed by atoms with Gasteiger partial charge in [0.15, 0.2) is 6.04 Å². The second kappa shape index (κ2) is 7.61. The normalized spacial score (nSPS) is 15.5. The topological polar surface area (TPSA) is 126 Å². The van der Waals surface area contributed by atoms with Crippen LogP contribution in [0.1, 0.15) is 22.9 Å². The fourth-order valence-corrected chi connectivity index (χ4v) is 4.54. The summed E-state index contributed by atoms with van der Waals surface area (Å²) in [5.41, 5.74) is 1.90. The van der Waals surface area contributed by atoms with Crippen LogP contribution in [0.15, 0.2) is 52.1 Å². The molecule has 3 heterocycles. The zero-order chi connectivity index (χ0) is 22.4. The first-order valence-electron chi connectivity index (χ1n) is 10.3. The molecule has 1 aliphatic heterocycles. The van der Waals surface area contributed by atoms with Gasteiger partial charge in [-0.3, -0.25) is 9.78 Å². The lowest BCUT2D eigenvalue weighted by Crippen LogP contribution is -2.87. The Labute approximate surface area is 182 Å². The maximum atomic E-state index is 12.9. The van der Waals surface area contributed by atoms with Crippen LogP contribution in [0.25, 0.3) is 16.6 Å². The van der Waals surface area contributed by atoms with Gasteiger partial charge in [0, 0.05) is 17.3 Å². The highest BCUT2D eigenvalue weighted by atomic mass is 16.5. The Balaban J connectivity index is 1.74. The van der Waals surface area contributed by atoms with Gasteiger partial charge in [-0.05, 0) is 35.9 Å². The number of para-hydroxylation sites is 2. The number of benzene rings is 2. The van der Waals surface area contributed by atoms with E-state index in [-0.39, 0.29) is 5.56 Å². The van der Waals surface area contributed by atoms with Crippen molar-refractivity contribution in [2.24, 2.45) is 0 Å². The lowest BCUT2D eigenvalue weighted by atomic mass is 9.95. The van der Waals surface area contributed by atoms with Crippen LogP contribution in [-0.4, -0.2) is 40.4 Å². The van der Waals surface area contributed by atoms with Crippen molar-refractivity contribution in [1.82, 2.24) is 14.5 Å². The second-order valence-electron chi connectivity index (χ2n) is 7.68. The number of nitrogens with zero attached hydrogens (tertiary/aromatic N) is 1. The first-order valence-corrected chi connectivity index (χ1v) is 10.3. The predicted molar refractivity (Wildman–Crippen MR) is 118 cm³/mol. The van der Waals surface area contributed by atoms with Gasteiger partial charge < -0.3 is 24.9 Å². The molecule has 0 radical (unpaired) electrons. The van der Waals surface area contributed by atoms with Crippen molar-refractivity contribution in [1.29, 1.82) is 0 Å². The summed E-state index contributed by atoms with van der Waals surface area (Å²) in [5, 5.41) is 14.2.